The zero-order valence-electron chi connectivity index (χ0n) is 12.7. The van der Waals surface area contributed by atoms with Gasteiger partial charge in [0, 0.05) is 14.1 Å². The molecule has 126 valence electrons. The molecule has 0 fully saturated rings. The molecule has 0 atom stereocenters. The van der Waals surface area contributed by atoms with Crippen LogP contribution in [0.4, 0.5) is 0 Å². The van der Waals surface area contributed by atoms with Gasteiger partial charge in [-0.2, -0.15) is 0 Å². The Balaban J connectivity index is 3.93. The molecule has 0 amide bonds. The topological polar surface area (TPSA) is 185 Å². The standard InChI is InChI=1S/C11H23N7O4/c1-17(10(13)14)3-8(19)21-5-7(12)6-22-9(20)4-18(2)11(15)16/h7H,3-6,12H2,1-2H3,(H3,13,14)(H3,15,16). The van der Waals surface area contributed by atoms with Crippen LogP contribution in [0.25, 0.3) is 0 Å². The van der Waals surface area contributed by atoms with Crippen LogP contribution < -0.4 is 17.2 Å². The Hall–Kier alpha value is -2.56. The van der Waals surface area contributed by atoms with Gasteiger partial charge in [-0.25, -0.2) is 0 Å². The maximum Gasteiger partial charge on any atom is 0.325 e. The van der Waals surface area contributed by atoms with Crippen molar-refractivity contribution in [1.82, 2.24) is 9.80 Å². The van der Waals surface area contributed by atoms with Crippen molar-refractivity contribution in [3.63, 3.8) is 0 Å². The number of likely N-dealkylation sites (N-methyl/N-ethyl adjacent to an activating group) is 2. The molecule has 0 saturated carbocycles. The average Bonchev–Trinajstić information content (AvgIpc) is 2.42. The molecule has 0 radical (unpaired) electrons. The highest BCUT2D eigenvalue weighted by Crippen LogP contribution is 1.91. The van der Waals surface area contributed by atoms with Crippen LogP contribution in [0.15, 0.2) is 0 Å². The molecule has 0 aliphatic heterocycles. The molecule has 0 spiro atoms. The van der Waals surface area contributed by atoms with E-state index in [4.69, 9.17) is 37.5 Å². The lowest BCUT2D eigenvalue weighted by atomic mass is 10.3. The van der Waals surface area contributed by atoms with Crippen molar-refractivity contribution in [2.75, 3.05) is 40.4 Å². The second kappa shape index (κ2) is 9.39. The number of rotatable bonds is 8. The van der Waals surface area contributed by atoms with Crippen LogP contribution in [0.3, 0.4) is 0 Å². The second-order valence-electron chi connectivity index (χ2n) is 4.61. The Bertz CT molecular complexity index is 391. The molecule has 0 bridgehead atoms. The fourth-order valence-electron chi connectivity index (χ4n) is 1.10. The van der Waals surface area contributed by atoms with Gasteiger partial charge in [0.05, 0.1) is 6.04 Å². The third-order valence-corrected chi connectivity index (χ3v) is 2.47. The van der Waals surface area contributed by atoms with E-state index in [0.29, 0.717) is 0 Å². The number of esters is 2. The van der Waals surface area contributed by atoms with Gasteiger partial charge in [0.15, 0.2) is 11.9 Å². The summed E-state index contributed by atoms with van der Waals surface area (Å²) < 4.78 is 9.73. The van der Waals surface area contributed by atoms with Gasteiger partial charge in [0.25, 0.3) is 0 Å². The zero-order chi connectivity index (χ0) is 17.3. The number of carbonyl (C=O) groups is 2. The summed E-state index contributed by atoms with van der Waals surface area (Å²) in [7, 11) is 2.94. The predicted octanol–water partition coefficient (Wildman–Crippen LogP) is -2.95. The fraction of sp³-hybridized carbons (Fsp3) is 0.636. The zero-order valence-corrected chi connectivity index (χ0v) is 12.7. The highest BCUT2D eigenvalue weighted by atomic mass is 16.5. The average molecular weight is 317 g/mol. The number of guanidine groups is 2. The highest BCUT2D eigenvalue weighted by molar-refractivity contribution is 5.81. The third-order valence-electron chi connectivity index (χ3n) is 2.47. The number of hydrogen-bond acceptors (Lipinski definition) is 7. The van der Waals surface area contributed by atoms with E-state index in [2.05, 4.69) is 0 Å². The molecule has 0 heterocycles. The lowest BCUT2D eigenvalue weighted by Crippen LogP contribution is -2.40. The number of carbonyl (C=O) groups excluding carboxylic acids is 2. The van der Waals surface area contributed by atoms with Crippen molar-refractivity contribution >= 4 is 23.9 Å². The summed E-state index contributed by atoms with van der Waals surface area (Å²) in [5, 5.41) is 14.2. The fourth-order valence-corrected chi connectivity index (χ4v) is 1.10. The van der Waals surface area contributed by atoms with Gasteiger partial charge in [-0.3, -0.25) is 20.4 Å². The molecule has 0 unspecified atom stereocenters. The minimum Gasteiger partial charge on any atom is -0.463 e. The van der Waals surface area contributed by atoms with E-state index in [1.54, 1.807) is 0 Å². The molecular formula is C11H23N7O4. The smallest absolute Gasteiger partial charge is 0.325 e. The molecule has 0 aliphatic carbocycles. The molecule has 0 aromatic carbocycles. The minimum absolute atomic E-state index is 0.138. The molecule has 0 saturated heterocycles. The summed E-state index contributed by atoms with van der Waals surface area (Å²) in [5.74, 6) is -1.72. The molecule has 8 N–H and O–H groups in total. The van der Waals surface area contributed by atoms with Crippen LogP contribution in [0.2, 0.25) is 0 Å². The van der Waals surface area contributed by atoms with E-state index < -0.39 is 18.0 Å². The Morgan fingerprint density at radius 1 is 0.955 bits per heavy atom. The Labute approximate surface area is 128 Å². The molecule has 0 aromatic rings. The normalized spacial score (nSPS) is 11.2. The van der Waals surface area contributed by atoms with E-state index in [1.807, 2.05) is 0 Å². The maximum atomic E-state index is 11.4. The number of nitrogens with two attached hydrogens (primary N) is 3. The van der Waals surface area contributed by atoms with E-state index in [9.17, 15) is 9.59 Å². The van der Waals surface area contributed by atoms with Gasteiger partial charge < -0.3 is 36.5 Å². The summed E-state index contributed by atoms with van der Waals surface area (Å²) in [6.45, 7) is -0.628. The molecule has 0 aromatic heterocycles. The van der Waals surface area contributed by atoms with Gasteiger partial charge in [0.2, 0.25) is 0 Å². The quantitative estimate of drug-likeness (QED) is 0.177. The molecule has 11 nitrogen and oxygen atoms in total. The van der Waals surface area contributed by atoms with Crippen molar-refractivity contribution in [2.45, 2.75) is 6.04 Å². The maximum absolute atomic E-state index is 11.4. The Kier molecular flexibility index (Phi) is 8.30. The number of nitrogens with zero attached hydrogens (tertiary/aromatic N) is 2. The summed E-state index contributed by atoms with van der Waals surface area (Å²) in [6, 6.07) is -0.682. The second-order valence-corrected chi connectivity index (χ2v) is 4.61. The summed E-state index contributed by atoms with van der Waals surface area (Å²) >= 11 is 0. The largest absolute Gasteiger partial charge is 0.463 e. The summed E-state index contributed by atoms with van der Waals surface area (Å²) in [6.07, 6.45) is 0. The highest BCUT2D eigenvalue weighted by Gasteiger charge is 2.14. The molecular weight excluding hydrogens is 294 g/mol. The monoisotopic (exact) mass is 317 g/mol. The first-order valence-corrected chi connectivity index (χ1v) is 6.30. The minimum atomic E-state index is -0.682. The van der Waals surface area contributed by atoms with Gasteiger partial charge in [-0.15, -0.1) is 0 Å². The first kappa shape index (κ1) is 19.4. The van der Waals surface area contributed by atoms with E-state index >= 15 is 0 Å². The van der Waals surface area contributed by atoms with Crippen LogP contribution >= 0.6 is 0 Å². The molecule has 11 heteroatoms. The van der Waals surface area contributed by atoms with E-state index in [1.165, 1.54) is 23.9 Å². The van der Waals surface area contributed by atoms with Crippen molar-refractivity contribution in [1.29, 1.82) is 10.8 Å². The third kappa shape index (κ3) is 8.58. The van der Waals surface area contributed by atoms with Gasteiger partial charge in [-0.1, -0.05) is 0 Å². The lowest BCUT2D eigenvalue weighted by molar-refractivity contribution is -0.147. The van der Waals surface area contributed by atoms with Gasteiger partial charge >= 0.3 is 11.9 Å². The first-order chi connectivity index (χ1) is 10.1. The van der Waals surface area contributed by atoms with Crippen LogP contribution in [0.1, 0.15) is 0 Å². The van der Waals surface area contributed by atoms with E-state index in [-0.39, 0.29) is 38.2 Å². The number of ether oxygens (including phenoxy) is 2. The summed E-state index contributed by atoms with van der Waals surface area (Å²) in [5.41, 5.74) is 16.0. The number of nitrogens with one attached hydrogen (secondary N) is 2. The predicted molar refractivity (Wildman–Crippen MR) is 79.0 cm³/mol. The summed E-state index contributed by atoms with van der Waals surface area (Å²) in [4.78, 5) is 25.2. The van der Waals surface area contributed by atoms with Crippen LogP contribution in [-0.4, -0.2) is 80.1 Å². The molecule has 22 heavy (non-hydrogen) atoms. The van der Waals surface area contributed by atoms with Crippen LogP contribution in [0, 0.1) is 10.8 Å². The van der Waals surface area contributed by atoms with Crippen molar-refractivity contribution in [2.24, 2.45) is 17.2 Å². The van der Waals surface area contributed by atoms with Crippen LogP contribution in [0.5, 0.6) is 0 Å². The lowest BCUT2D eigenvalue weighted by Gasteiger charge is -2.18. The van der Waals surface area contributed by atoms with Gasteiger partial charge in [0.1, 0.15) is 26.3 Å². The molecule has 0 rings (SSSR count). The van der Waals surface area contributed by atoms with E-state index in [0.717, 1.165) is 0 Å². The van der Waals surface area contributed by atoms with Gasteiger partial charge in [-0.05, 0) is 0 Å². The Morgan fingerprint density at radius 2 is 1.27 bits per heavy atom. The SMILES string of the molecule is CN(CC(=O)OCC(N)COC(=O)CN(C)C(=N)N)C(=N)N. The van der Waals surface area contributed by atoms with Crippen molar-refractivity contribution < 1.29 is 19.1 Å². The van der Waals surface area contributed by atoms with Crippen molar-refractivity contribution in [3.8, 4) is 0 Å². The first-order valence-electron chi connectivity index (χ1n) is 6.30. The number of hydrogen-bond donors (Lipinski definition) is 5. The van der Waals surface area contributed by atoms with Crippen LogP contribution in [-0.2, 0) is 19.1 Å². The Morgan fingerprint density at radius 3 is 1.55 bits per heavy atom. The molecule has 0 aliphatic rings. The van der Waals surface area contributed by atoms with Crippen molar-refractivity contribution in [3.05, 3.63) is 0 Å².